The van der Waals surface area contributed by atoms with Crippen molar-refractivity contribution in [3.05, 3.63) is 53.7 Å². The van der Waals surface area contributed by atoms with E-state index in [0.717, 1.165) is 23.7 Å². The Morgan fingerprint density at radius 1 is 1.19 bits per heavy atom. The number of nitrogens with zero attached hydrogens (tertiary/aromatic N) is 1. The third-order valence-electron chi connectivity index (χ3n) is 4.54. The van der Waals surface area contributed by atoms with Crippen LogP contribution in [0.5, 0.6) is 0 Å². The molecule has 3 aliphatic rings. The second kappa shape index (κ2) is 3.52. The molecule has 0 atom stereocenters. The maximum atomic E-state index is 12.6. The summed E-state index contributed by atoms with van der Waals surface area (Å²) in [6, 6.07) is 14.3. The molecule has 1 fully saturated rings. The summed E-state index contributed by atoms with van der Waals surface area (Å²) in [4.78, 5) is 12.6. The number of rotatable bonds is 3. The average molecular weight is 275 g/mol. The number of hydrogen-bond acceptors (Lipinski definition) is 2. The molecule has 0 radical (unpaired) electrons. The number of aromatic amines is 1. The molecule has 2 aromatic rings. The van der Waals surface area contributed by atoms with Crippen molar-refractivity contribution in [2.45, 2.75) is 18.4 Å². The maximum absolute atomic E-state index is 12.6. The Labute approximate surface area is 121 Å². The maximum Gasteiger partial charge on any atom is 0.270 e. The third-order valence-corrected chi connectivity index (χ3v) is 4.54. The monoisotopic (exact) mass is 275 g/mol. The molecule has 1 saturated carbocycles. The van der Waals surface area contributed by atoms with Crippen LogP contribution in [0.4, 0.5) is 0 Å². The second-order valence-electron chi connectivity index (χ2n) is 5.92. The molecule has 0 aliphatic heterocycles. The summed E-state index contributed by atoms with van der Waals surface area (Å²) in [5.74, 6) is -0.0659. The number of amides is 1. The lowest BCUT2D eigenvalue weighted by Crippen LogP contribution is -2.35. The molecule has 0 unspecified atom stereocenters. The fourth-order valence-corrected chi connectivity index (χ4v) is 3.12. The van der Waals surface area contributed by atoms with Gasteiger partial charge in [0.1, 0.15) is 11.2 Å². The predicted octanol–water partition coefficient (Wildman–Crippen LogP) is 2.96. The van der Waals surface area contributed by atoms with E-state index in [1.807, 2.05) is 24.3 Å². The highest BCUT2D eigenvalue weighted by molar-refractivity contribution is 6.15. The fraction of sp³-hybridized carbons (Fsp3) is 0.176. The second-order valence-corrected chi connectivity index (χ2v) is 5.92. The van der Waals surface area contributed by atoms with E-state index in [4.69, 9.17) is 0 Å². The zero-order chi connectivity index (χ0) is 14.0. The normalized spacial score (nSPS) is 16.8. The lowest BCUT2D eigenvalue weighted by atomic mass is 10.0. The smallest absolute Gasteiger partial charge is 0.270 e. The van der Waals surface area contributed by atoms with Crippen molar-refractivity contribution in [3.63, 3.8) is 0 Å². The van der Waals surface area contributed by atoms with Gasteiger partial charge in [0.05, 0.1) is 5.54 Å². The van der Waals surface area contributed by atoms with Crippen LogP contribution in [-0.2, 0) is 5.54 Å². The van der Waals surface area contributed by atoms with Crippen molar-refractivity contribution in [1.82, 2.24) is 15.5 Å². The first kappa shape index (κ1) is 11.1. The largest absolute Gasteiger partial charge is 0.341 e. The highest BCUT2D eigenvalue weighted by Gasteiger charge is 2.46. The van der Waals surface area contributed by atoms with E-state index < -0.39 is 0 Å². The summed E-state index contributed by atoms with van der Waals surface area (Å²) in [6.45, 7) is 0. The van der Waals surface area contributed by atoms with Crippen LogP contribution < -0.4 is 5.32 Å². The highest BCUT2D eigenvalue weighted by Crippen LogP contribution is 2.46. The highest BCUT2D eigenvalue weighted by atomic mass is 16.2. The third kappa shape index (κ3) is 1.50. The first-order chi connectivity index (χ1) is 10.3. The Bertz CT molecular complexity index is 891. The van der Waals surface area contributed by atoms with E-state index in [9.17, 15) is 4.79 Å². The molecule has 1 aromatic heterocycles. The van der Waals surface area contributed by atoms with Gasteiger partial charge in [0.15, 0.2) is 0 Å². The molecule has 4 nitrogen and oxygen atoms in total. The lowest BCUT2D eigenvalue weighted by Gasteiger charge is -2.17. The van der Waals surface area contributed by atoms with Crippen LogP contribution in [0.25, 0.3) is 22.0 Å². The van der Waals surface area contributed by atoms with Crippen LogP contribution in [0.2, 0.25) is 0 Å². The molecule has 102 valence electrons. The van der Waals surface area contributed by atoms with Gasteiger partial charge >= 0.3 is 0 Å². The SMILES string of the molecule is O=C(NC1(c2ccccc2)CC1)c1[nH]nc2c3cc-3cc12. The van der Waals surface area contributed by atoms with Crippen molar-refractivity contribution in [3.8, 4) is 11.1 Å². The van der Waals surface area contributed by atoms with Gasteiger partial charge in [-0.3, -0.25) is 9.89 Å². The number of H-pyrrole nitrogens is 1. The molecule has 1 heterocycles. The van der Waals surface area contributed by atoms with Gasteiger partial charge in [0.25, 0.3) is 5.91 Å². The van der Waals surface area contributed by atoms with Crippen molar-refractivity contribution in [1.29, 1.82) is 0 Å². The Morgan fingerprint density at radius 3 is 2.76 bits per heavy atom. The minimum Gasteiger partial charge on any atom is -0.341 e. The van der Waals surface area contributed by atoms with Gasteiger partial charge in [-0.05, 0) is 36.1 Å². The van der Waals surface area contributed by atoms with Gasteiger partial charge in [0.2, 0.25) is 0 Å². The summed E-state index contributed by atoms with van der Waals surface area (Å²) >= 11 is 0. The van der Waals surface area contributed by atoms with E-state index in [-0.39, 0.29) is 11.4 Å². The van der Waals surface area contributed by atoms with Crippen molar-refractivity contribution < 1.29 is 4.79 Å². The molecular formula is C17H13N3O. The molecule has 4 heteroatoms. The standard InChI is InChI=1S/C17H13N3O/c21-16(15-13-9-10-8-12(10)14(13)19-20-15)18-17(6-7-17)11-4-2-1-3-5-11/h1-5,8-9H,6-7H2,(H,18,21)(H,19,20). The lowest BCUT2D eigenvalue weighted by molar-refractivity contribution is 0.0927. The van der Waals surface area contributed by atoms with Crippen LogP contribution in [0, 0.1) is 0 Å². The van der Waals surface area contributed by atoms with Crippen LogP contribution in [-0.4, -0.2) is 16.1 Å². The fourth-order valence-electron chi connectivity index (χ4n) is 3.12. The Kier molecular flexibility index (Phi) is 1.86. The Balaban J connectivity index is 1.48. The molecule has 1 amide bonds. The summed E-state index contributed by atoms with van der Waals surface area (Å²) in [5.41, 5.74) is 4.86. The molecule has 0 saturated heterocycles. The number of carbonyl (C=O) groups excluding carboxylic acids is 1. The summed E-state index contributed by atoms with van der Waals surface area (Å²) in [5, 5.41) is 11.3. The number of carbonyl (C=O) groups is 1. The molecule has 3 aliphatic carbocycles. The van der Waals surface area contributed by atoms with E-state index in [1.165, 1.54) is 16.7 Å². The average Bonchev–Trinajstić information content (AvgIpc) is 3.38. The summed E-state index contributed by atoms with van der Waals surface area (Å²) < 4.78 is 0. The first-order valence-electron chi connectivity index (χ1n) is 7.17. The summed E-state index contributed by atoms with van der Waals surface area (Å²) in [6.07, 6.45) is 1.98. The van der Waals surface area contributed by atoms with Gasteiger partial charge in [0, 0.05) is 10.9 Å². The molecule has 5 rings (SSSR count). The van der Waals surface area contributed by atoms with E-state index >= 15 is 0 Å². The zero-order valence-corrected chi connectivity index (χ0v) is 11.3. The van der Waals surface area contributed by atoms with Crippen LogP contribution >= 0.6 is 0 Å². The van der Waals surface area contributed by atoms with Crippen molar-refractivity contribution in [2.24, 2.45) is 0 Å². The van der Waals surface area contributed by atoms with E-state index in [0.29, 0.717) is 5.69 Å². The van der Waals surface area contributed by atoms with Crippen LogP contribution in [0.1, 0.15) is 28.9 Å². The molecule has 0 spiro atoms. The molecule has 2 N–H and O–H groups in total. The quantitative estimate of drug-likeness (QED) is 0.604. The first-order valence-corrected chi connectivity index (χ1v) is 7.17. The molecular weight excluding hydrogens is 262 g/mol. The van der Waals surface area contributed by atoms with E-state index in [2.05, 4.69) is 33.7 Å². The number of nitrogens with one attached hydrogen (secondary N) is 2. The number of hydrogen-bond donors (Lipinski definition) is 2. The van der Waals surface area contributed by atoms with Gasteiger partial charge in [-0.2, -0.15) is 5.10 Å². The molecule has 21 heavy (non-hydrogen) atoms. The van der Waals surface area contributed by atoms with Crippen molar-refractivity contribution in [2.75, 3.05) is 0 Å². The molecule has 0 bridgehead atoms. The topological polar surface area (TPSA) is 57.8 Å². The van der Waals surface area contributed by atoms with Crippen molar-refractivity contribution >= 4 is 16.8 Å². The van der Waals surface area contributed by atoms with Crippen LogP contribution in [0.3, 0.4) is 0 Å². The van der Waals surface area contributed by atoms with Gasteiger partial charge in [-0.15, -0.1) is 0 Å². The predicted molar refractivity (Wildman–Crippen MR) is 79.9 cm³/mol. The van der Waals surface area contributed by atoms with Gasteiger partial charge in [-0.25, -0.2) is 0 Å². The van der Waals surface area contributed by atoms with Gasteiger partial charge in [-0.1, -0.05) is 30.3 Å². The number of aromatic nitrogens is 2. The van der Waals surface area contributed by atoms with Crippen LogP contribution in [0.15, 0.2) is 42.5 Å². The van der Waals surface area contributed by atoms with E-state index in [1.54, 1.807) is 0 Å². The zero-order valence-electron chi connectivity index (χ0n) is 11.3. The number of benzene rings is 2. The molecule has 1 aromatic carbocycles. The summed E-state index contributed by atoms with van der Waals surface area (Å²) in [7, 11) is 0. The Morgan fingerprint density at radius 2 is 2.00 bits per heavy atom. The van der Waals surface area contributed by atoms with Gasteiger partial charge < -0.3 is 5.32 Å². The minimum absolute atomic E-state index is 0.0659. The minimum atomic E-state index is -0.190. The number of fused-ring (bicyclic) bond motifs is 3. The Hall–Kier alpha value is -2.62.